The summed E-state index contributed by atoms with van der Waals surface area (Å²) in [5, 5.41) is 14.4. The predicted molar refractivity (Wildman–Crippen MR) is 86.3 cm³/mol. The third-order valence-corrected chi connectivity index (χ3v) is 4.23. The van der Waals surface area contributed by atoms with Crippen LogP contribution in [0.25, 0.3) is 0 Å². The Bertz CT molecular complexity index is 690. The Morgan fingerprint density at radius 1 is 1.39 bits per heavy atom. The quantitative estimate of drug-likeness (QED) is 0.391. The maximum atomic E-state index is 12.6. The summed E-state index contributed by atoms with van der Waals surface area (Å²) in [6.07, 6.45) is 4.82. The highest BCUT2D eigenvalue weighted by Gasteiger charge is 2.44. The van der Waals surface area contributed by atoms with Gasteiger partial charge in [-0.25, -0.2) is 4.79 Å². The normalized spacial score (nSPS) is 25.3. The van der Waals surface area contributed by atoms with Crippen LogP contribution in [-0.2, 0) is 9.53 Å². The molecule has 0 amide bonds. The van der Waals surface area contributed by atoms with Gasteiger partial charge in [0.2, 0.25) is 0 Å². The first kappa shape index (κ1) is 15.5. The van der Waals surface area contributed by atoms with E-state index in [4.69, 9.17) is 4.74 Å². The molecule has 0 aromatic heterocycles. The number of esters is 1. The Morgan fingerprint density at radius 3 is 2.78 bits per heavy atom. The zero-order chi connectivity index (χ0) is 16.8. The molecule has 0 radical (unpaired) electrons. The number of benzene rings is 1. The monoisotopic (exact) mass is 316 g/mol. The number of fused-ring (bicyclic) bond motifs is 3. The van der Waals surface area contributed by atoms with Crippen LogP contribution in [-0.4, -0.2) is 22.5 Å². The molecule has 1 aromatic rings. The van der Waals surface area contributed by atoms with E-state index in [2.05, 4.69) is 5.32 Å². The second-order valence-electron chi connectivity index (χ2n) is 7.01. The number of nitrogens with zero attached hydrogens (tertiary/aromatic N) is 1. The van der Waals surface area contributed by atoms with E-state index < -0.39 is 16.6 Å². The summed E-state index contributed by atoms with van der Waals surface area (Å²) in [7, 11) is 0. The summed E-state index contributed by atoms with van der Waals surface area (Å²) in [4.78, 5) is 23.4. The number of hydrogen-bond acceptors (Lipinski definition) is 5. The summed E-state index contributed by atoms with van der Waals surface area (Å²) in [5.74, 6) is -0.331. The number of nitro benzene ring substituents is 1. The third-order valence-electron chi connectivity index (χ3n) is 4.23. The SMILES string of the molecule is CC(C)(C)OC(=O)[C@@H]1Nc2c(cccc2[N+](=O)[O-])[C@@H]2C=CC[C@H]12. The molecule has 3 atom stereocenters. The summed E-state index contributed by atoms with van der Waals surface area (Å²) >= 11 is 0. The van der Waals surface area contributed by atoms with Crippen LogP contribution in [0.15, 0.2) is 30.4 Å². The van der Waals surface area contributed by atoms with Gasteiger partial charge in [0.25, 0.3) is 5.69 Å². The number of carbonyl (C=O) groups is 1. The van der Waals surface area contributed by atoms with Crippen molar-refractivity contribution in [2.75, 3.05) is 5.32 Å². The second-order valence-corrected chi connectivity index (χ2v) is 7.01. The van der Waals surface area contributed by atoms with Gasteiger partial charge in [0.15, 0.2) is 0 Å². The molecule has 3 rings (SSSR count). The fraction of sp³-hybridized carbons (Fsp3) is 0.471. The molecule has 0 bridgehead atoms. The molecule has 1 aromatic carbocycles. The van der Waals surface area contributed by atoms with Crippen LogP contribution in [0.2, 0.25) is 0 Å². The van der Waals surface area contributed by atoms with Crippen molar-refractivity contribution in [3.63, 3.8) is 0 Å². The Morgan fingerprint density at radius 2 is 2.13 bits per heavy atom. The van der Waals surface area contributed by atoms with E-state index in [9.17, 15) is 14.9 Å². The number of allylic oxidation sites excluding steroid dienone is 2. The lowest BCUT2D eigenvalue weighted by Gasteiger charge is -2.36. The number of nitro groups is 1. The number of carbonyl (C=O) groups excluding carboxylic acids is 1. The minimum atomic E-state index is -0.594. The number of para-hydroxylation sites is 1. The highest BCUT2D eigenvalue weighted by molar-refractivity contribution is 5.84. The molecule has 0 unspecified atom stereocenters. The first-order chi connectivity index (χ1) is 10.8. The van der Waals surface area contributed by atoms with Gasteiger partial charge in [-0.05, 0) is 32.8 Å². The highest BCUT2D eigenvalue weighted by atomic mass is 16.6. The van der Waals surface area contributed by atoms with Gasteiger partial charge in [0.05, 0.1) is 4.92 Å². The molecule has 0 spiro atoms. The van der Waals surface area contributed by atoms with Gasteiger partial charge in [-0.2, -0.15) is 0 Å². The summed E-state index contributed by atoms with van der Waals surface area (Å²) in [5.41, 5.74) is 0.706. The Hall–Kier alpha value is -2.37. The van der Waals surface area contributed by atoms with Crippen LogP contribution < -0.4 is 5.32 Å². The van der Waals surface area contributed by atoms with Crippen molar-refractivity contribution >= 4 is 17.3 Å². The maximum absolute atomic E-state index is 12.6. The molecule has 1 aliphatic heterocycles. The number of rotatable bonds is 2. The molecule has 2 aliphatic rings. The summed E-state index contributed by atoms with van der Waals surface area (Å²) in [6.45, 7) is 5.44. The average molecular weight is 316 g/mol. The van der Waals surface area contributed by atoms with E-state index in [1.165, 1.54) is 6.07 Å². The van der Waals surface area contributed by atoms with E-state index in [0.29, 0.717) is 5.69 Å². The number of hydrogen-bond donors (Lipinski definition) is 1. The van der Waals surface area contributed by atoms with Gasteiger partial charge in [-0.3, -0.25) is 10.1 Å². The minimum Gasteiger partial charge on any atom is -0.458 e. The van der Waals surface area contributed by atoms with Crippen molar-refractivity contribution in [2.45, 2.75) is 44.8 Å². The van der Waals surface area contributed by atoms with Crippen LogP contribution in [0, 0.1) is 16.0 Å². The Balaban J connectivity index is 2.01. The molecule has 1 heterocycles. The zero-order valence-electron chi connectivity index (χ0n) is 13.4. The van der Waals surface area contributed by atoms with Crippen molar-refractivity contribution in [3.8, 4) is 0 Å². The van der Waals surface area contributed by atoms with Gasteiger partial charge in [0.1, 0.15) is 17.3 Å². The van der Waals surface area contributed by atoms with Crippen molar-refractivity contribution in [1.82, 2.24) is 0 Å². The minimum absolute atomic E-state index is 0.00340. The third kappa shape index (κ3) is 2.81. The summed E-state index contributed by atoms with van der Waals surface area (Å²) in [6, 6.07) is 4.45. The molecule has 6 nitrogen and oxygen atoms in total. The molecule has 122 valence electrons. The van der Waals surface area contributed by atoms with Crippen LogP contribution in [0.1, 0.15) is 38.7 Å². The van der Waals surface area contributed by atoms with E-state index in [0.717, 1.165) is 12.0 Å². The molecular weight excluding hydrogens is 296 g/mol. The van der Waals surface area contributed by atoms with Crippen molar-refractivity contribution in [3.05, 3.63) is 46.0 Å². The van der Waals surface area contributed by atoms with E-state index in [1.54, 1.807) is 6.07 Å². The fourth-order valence-electron chi connectivity index (χ4n) is 3.36. The average Bonchev–Trinajstić information content (AvgIpc) is 2.93. The van der Waals surface area contributed by atoms with Gasteiger partial charge >= 0.3 is 5.97 Å². The fourth-order valence-corrected chi connectivity index (χ4v) is 3.36. The number of anilines is 1. The van der Waals surface area contributed by atoms with Gasteiger partial charge in [0, 0.05) is 17.9 Å². The molecule has 0 saturated heterocycles. The highest BCUT2D eigenvalue weighted by Crippen LogP contribution is 2.47. The zero-order valence-corrected chi connectivity index (χ0v) is 13.4. The van der Waals surface area contributed by atoms with E-state index >= 15 is 0 Å². The van der Waals surface area contributed by atoms with Gasteiger partial charge < -0.3 is 10.1 Å². The smallest absolute Gasteiger partial charge is 0.329 e. The first-order valence-electron chi connectivity index (χ1n) is 7.71. The Labute approximate surface area is 134 Å². The van der Waals surface area contributed by atoms with Crippen molar-refractivity contribution in [1.29, 1.82) is 0 Å². The molecular formula is C17H20N2O4. The van der Waals surface area contributed by atoms with Gasteiger partial charge in [-0.15, -0.1) is 0 Å². The lowest BCUT2D eigenvalue weighted by Crippen LogP contribution is -2.45. The molecule has 0 saturated carbocycles. The molecule has 1 aliphatic carbocycles. The molecule has 23 heavy (non-hydrogen) atoms. The van der Waals surface area contributed by atoms with Crippen LogP contribution in [0.4, 0.5) is 11.4 Å². The van der Waals surface area contributed by atoms with Gasteiger partial charge in [-0.1, -0.05) is 24.3 Å². The Kier molecular flexibility index (Phi) is 3.62. The second kappa shape index (κ2) is 5.37. The van der Waals surface area contributed by atoms with E-state index in [-0.39, 0.29) is 23.5 Å². The van der Waals surface area contributed by atoms with Crippen LogP contribution in [0.3, 0.4) is 0 Å². The van der Waals surface area contributed by atoms with E-state index in [1.807, 2.05) is 39.0 Å². The standard InChI is InChI=1S/C17H20N2O4/c1-17(2,3)23-16(20)15-12-7-4-6-10(12)11-8-5-9-13(19(21)22)14(11)18-15/h4-6,8-10,12,15,18H,7H2,1-3H3/t10-,12-,15+/m0/s1. The molecule has 6 heteroatoms. The predicted octanol–water partition coefficient (Wildman–Crippen LogP) is 3.39. The lowest BCUT2D eigenvalue weighted by molar-refractivity contribution is -0.384. The van der Waals surface area contributed by atoms with Crippen molar-refractivity contribution < 1.29 is 14.5 Å². The molecule has 0 fully saturated rings. The first-order valence-corrected chi connectivity index (χ1v) is 7.71. The lowest BCUT2D eigenvalue weighted by atomic mass is 9.79. The molecule has 1 N–H and O–H groups in total. The van der Waals surface area contributed by atoms with Crippen molar-refractivity contribution in [2.24, 2.45) is 5.92 Å². The topological polar surface area (TPSA) is 81.5 Å². The number of ether oxygens (including phenoxy) is 1. The summed E-state index contributed by atoms with van der Waals surface area (Å²) < 4.78 is 5.50. The largest absolute Gasteiger partial charge is 0.458 e. The number of nitrogens with one attached hydrogen (secondary N) is 1. The maximum Gasteiger partial charge on any atom is 0.329 e. The van der Waals surface area contributed by atoms with Crippen LogP contribution >= 0.6 is 0 Å². The van der Waals surface area contributed by atoms with Crippen LogP contribution in [0.5, 0.6) is 0 Å².